The zero-order chi connectivity index (χ0) is 14.2. The third-order valence-electron chi connectivity index (χ3n) is 2.67. The van der Waals surface area contributed by atoms with Crippen LogP contribution in [0.15, 0.2) is 28.3 Å². The Morgan fingerprint density at radius 1 is 1.42 bits per heavy atom. The summed E-state index contributed by atoms with van der Waals surface area (Å²) in [6.45, 7) is 7.03. The van der Waals surface area contributed by atoms with E-state index < -0.39 is 10.0 Å². The van der Waals surface area contributed by atoms with Crippen molar-refractivity contribution in [3.63, 3.8) is 0 Å². The molecule has 0 aliphatic rings. The van der Waals surface area contributed by atoms with Crippen molar-refractivity contribution in [1.82, 2.24) is 9.55 Å². The maximum absolute atomic E-state index is 11.4. The standard InChI is InChI=1S/C12H17N3O2S2/c1-4-15-11-6-5-9(19(13,16)17)7-10(11)14-12(15)18-8(2)3/h5-8H,4H2,1-3H3,(H2,13,16,17). The van der Waals surface area contributed by atoms with E-state index in [1.165, 1.54) is 12.1 Å². The number of aryl methyl sites for hydroxylation is 1. The lowest BCUT2D eigenvalue weighted by molar-refractivity contribution is 0.598. The number of fused-ring (bicyclic) bond motifs is 1. The van der Waals surface area contributed by atoms with Crippen LogP contribution < -0.4 is 5.14 Å². The van der Waals surface area contributed by atoms with Crippen LogP contribution in [0.25, 0.3) is 11.0 Å². The summed E-state index contributed by atoms with van der Waals surface area (Å²) in [6, 6.07) is 4.81. The third kappa shape index (κ3) is 2.93. The Kier molecular flexibility index (Phi) is 3.89. The quantitative estimate of drug-likeness (QED) is 0.878. The predicted octanol–water partition coefficient (Wildman–Crippen LogP) is 2.20. The minimum atomic E-state index is -3.68. The molecule has 0 saturated heterocycles. The van der Waals surface area contributed by atoms with E-state index in [1.807, 2.05) is 6.92 Å². The van der Waals surface area contributed by atoms with Crippen LogP contribution in [-0.4, -0.2) is 23.2 Å². The Bertz CT molecular complexity index is 705. The first-order valence-electron chi connectivity index (χ1n) is 6.02. The first-order chi connectivity index (χ1) is 8.82. The van der Waals surface area contributed by atoms with E-state index in [0.717, 1.165) is 17.2 Å². The Morgan fingerprint density at radius 2 is 2.11 bits per heavy atom. The van der Waals surface area contributed by atoms with Crippen LogP contribution >= 0.6 is 11.8 Å². The van der Waals surface area contributed by atoms with Gasteiger partial charge in [-0.15, -0.1) is 0 Å². The third-order valence-corrected chi connectivity index (χ3v) is 4.58. The van der Waals surface area contributed by atoms with E-state index in [9.17, 15) is 8.42 Å². The molecule has 1 aromatic heterocycles. The molecule has 19 heavy (non-hydrogen) atoms. The summed E-state index contributed by atoms with van der Waals surface area (Å²) in [5.41, 5.74) is 1.59. The molecule has 0 bridgehead atoms. The van der Waals surface area contributed by atoms with Gasteiger partial charge in [0.05, 0.1) is 15.9 Å². The zero-order valence-electron chi connectivity index (χ0n) is 11.1. The molecule has 0 aliphatic carbocycles. The highest BCUT2D eigenvalue weighted by Crippen LogP contribution is 2.28. The van der Waals surface area contributed by atoms with Gasteiger partial charge in [0.15, 0.2) is 5.16 Å². The van der Waals surface area contributed by atoms with Gasteiger partial charge in [0, 0.05) is 11.8 Å². The fraction of sp³-hybridized carbons (Fsp3) is 0.417. The molecular formula is C12H17N3O2S2. The normalized spacial score (nSPS) is 12.5. The van der Waals surface area contributed by atoms with Gasteiger partial charge in [-0.2, -0.15) is 0 Å². The Hall–Kier alpha value is -1.05. The van der Waals surface area contributed by atoms with Crippen molar-refractivity contribution in [1.29, 1.82) is 0 Å². The number of sulfonamides is 1. The Morgan fingerprint density at radius 3 is 2.63 bits per heavy atom. The van der Waals surface area contributed by atoms with Crippen molar-refractivity contribution < 1.29 is 8.42 Å². The summed E-state index contributed by atoms with van der Waals surface area (Å²) in [6.07, 6.45) is 0. The topological polar surface area (TPSA) is 78.0 Å². The summed E-state index contributed by atoms with van der Waals surface area (Å²) < 4.78 is 24.8. The van der Waals surface area contributed by atoms with Gasteiger partial charge in [0.1, 0.15) is 0 Å². The second-order valence-corrected chi connectivity index (χ2v) is 7.61. The lowest BCUT2D eigenvalue weighted by atomic mass is 10.3. The van der Waals surface area contributed by atoms with Crippen molar-refractivity contribution in [2.75, 3.05) is 0 Å². The first-order valence-corrected chi connectivity index (χ1v) is 8.45. The highest BCUT2D eigenvalue weighted by atomic mass is 32.2. The van der Waals surface area contributed by atoms with Gasteiger partial charge in [0.25, 0.3) is 0 Å². The number of hydrogen-bond acceptors (Lipinski definition) is 4. The molecule has 0 aliphatic heterocycles. The van der Waals surface area contributed by atoms with Gasteiger partial charge in [0.2, 0.25) is 10.0 Å². The molecule has 0 amide bonds. The molecule has 7 heteroatoms. The second-order valence-electron chi connectivity index (χ2n) is 4.50. The van der Waals surface area contributed by atoms with E-state index in [4.69, 9.17) is 5.14 Å². The molecule has 0 fully saturated rings. The maximum Gasteiger partial charge on any atom is 0.238 e. The molecule has 0 atom stereocenters. The van der Waals surface area contributed by atoms with Gasteiger partial charge in [-0.05, 0) is 25.1 Å². The van der Waals surface area contributed by atoms with Gasteiger partial charge in [-0.1, -0.05) is 25.6 Å². The Balaban J connectivity index is 2.62. The molecule has 5 nitrogen and oxygen atoms in total. The summed E-state index contributed by atoms with van der Waals surface area (Å²) >= 11 is 1.66. The van der Waals surface area contributed by atoms with Crippen molar-refractivity contribution in [2.24, 2.45) is 5.14 Å². The summed E-state index contributed by atoms with van der Waals surface area (Å²) in [4.78, 5) is 4.60. The summed E-state index contributed by atoms with van der Waals surface area (Å²) in [5, 5.41) is 6.46. The van der Waals surface area contributed by atoms with E-state index >= 15 is 0 Å². The fourth-order valence-corrected chi connectivity index (χ4v) is 3.33. The predicted molar refractivity (Wildman–Crippen MR) is 77.8 cm³/mol. The van der Waals surface area contributed by atoms with E-state index in [-0.39, 0.29) is 4.90 Å². The van der Waals surface area contributed by atoms with Crippen LogP contribution in [0.2, 0.25) is 0 Å². The monoisotopic (exact) mass is 299 g/mol. The van der Waals surface area contributed by atoms with Gasteiger partial charge >= 0.3 is 0 Å². The molecule has 1 aromatic carbocycles. The number of hydrogen-bond donors (Lipinski definition) is 1. The molecule has 2 aromatic rings. The molecule has 104 valence electrons. The molecule has 0 radical (unpaired) electrons. The average Bonchev–Trinajstić information content (AvgIpc) is 2.62. The lowest BCUT2D eigenvalue weighted by Gasteiger charge is -2.07. The van der Waals surface area contributed by atoms with E-state index in [1.54, 1.807) is 17.8 Å². The molecule has 0 spiro atoms. The molecule has 2 N–H and O–H groups in total. The summed E-state index contributed by atoms with van der Waals surface area (Å²) in [7, 11) is -3.68. The number of primary sulfonamides is 1. The van der Waals surface area contributed by atoms with E-state index in [2.05, 4.69) is 23.4 Å². The van der Waals surface area contributed by atoms with Crippen LogP contribution in [0.1, 0.15) is 20.8 Å². The lowest BCUT2D eigenvalue weighted by Crippen LogP contribution is -2.11. The fourth-order valence-electron chi connectivity index (χ4n) is 1.87. The number of nitrogens with two attached hydrogens (primary N) is 1. The number of aromatic nitrogens is 2. The van der Waals surface area contributed by atoms with Gasteiger partial charge < -0.3 is 4.57 Å². The number of imidazole rings is 1. The Labute approximate surface area is 117 Å². The number of benzene rings is 1. The van der Waals surface area contributed by atoms with Gasteiger partial charge in [-0.25, -0.2) is 18.5 Å². The van der Waals surface area contributed by atoms with Crippen LogP contribution in [0.5, 0.6) is 0 Å². The molecule has 1 heterocycles. The summed E-state index contributed by atoms with van der Waals surface area (Å²) in [5.74, 6) is 0. The number of nitrogens with zero attached hydrogens (tertiary/aromatic N) is 2. The SMILES string of the molecule is CCn1c(SC(C)C)nc2cc(S(N)(=O)=O)ccc21. The van der Waals surface area contributed by atoms with Crippen molar-refractivity contribution in [3.8, 4) is 0 Å². The average molecular weight is 299 g/mol. The van der Waals surface area contributed by atoms with Crippen molar-refractivity contribution >= 4 is 32.8 Å². The zero-order valence-corrected chi connectivity index (χ0v) is 12.8. The molecule has 0 saturated carbocycles. The largest absolute Gasteiger partial charge is 0.319 e. The minimum absolute atomic E-state index is 0.0989. The van der Waals surface area contributed by atoms with Crippen LogP contribution in [0.4, 0.5) is 0 Å². The smallest absolute Gasteiger partial charge is 0.238 e. The molecule has 2 rings (SSSR count). The van der Waals surface area contributed by atoms with Gasteiger partial charge in [-0.3, -0.25) is 0 Å². The van der Waals surface area contributed by atoms with Crippen molar-refractivity contribution in [2.45, 2.75) is 42.6 Å². The van der Waals surface area contributed by atoms with E-state index in [0.29, 0.717) is 10.8 Å². The maximum atomic E-state index is 11.4. The number of thioether (sulfide) groups is 1. The van der Waals surface area contributed by atoms with Crippen LogP contribution in [0.3, 0.4) is 0 Å². The second kappa shape index (κ2) is 5.15. The van der Waals surface area contributed by atoms with Crippen LogP contribution in [-0.2, 0) is 16.6 Å². The molecule has 0 unspecified atom stereocenters. The highest BCUT2D eigenvalue weighted by molar-refractivity contribution is 7.99. The first kappa shape index (κ1) is 14.4. The van der Waals surface area contributed by atoms with Crippen LogP contribution in [0, 0.1) is 0 Å². The highest BCUT2D eigenvalue weighted by Gasteiger charge is 2.15. The van der Waals surface area contributed by atoms with Crippen molar-refractivity contribution in [3.05, 3.63) is 18.2 Å². The minimum Gasteiger partial charge on any atom is -0.319 e. The number of rotatable bonds is 4. The molecular weight excluding hydrogens is 282 g/mol.